The smallest absolute Gasteiger partial charge is 0.115 e. The molecular weight excluding hydrogens is 186 g/mol. The number of hydrogen-bond donors (Lipinski definition) is 1. The predicted octanol–water partition coefficient (Wildman–Crippen LogP) is 2.36. The Kier molecular flexibility index (Phi) is 4.29. The number of nitrogen functional groups attached to an aromatic ring is 1. The van der Waals surface area contributed by atoms with Gasteiger partial charge in [0.05, 0.1) is 0 Å². The monoisotopic (exact) mass is 201 g/mol. The van der Waals surface area contributed by atoms with E-state index in [1.165, 1.54) is 6.33 Å². The lowest BCUT2D eigenvalue weighted by Gasteiger charge is -1.93. The third-order valence-corrected chi connectivity index (χ3v) is 1.92. The Hall–Kier alpha value is -1.90. The third-order valence-electron chi connectivity index (χ3n) is 1.92. The molecule has 0 amide bonds. The van der Waals surface area contributed by atoms with E-state index in [0.717, 1.165) is 16.9 Å². The van der Waals surface area contributed by atoms with Gasteiger partial charge in [-0.3, -0.25) is 0 Å². The molecule has 2 rings (SSSR count). The topological polar surface area (TPSA) is 51.8 Å². The SMILES string of the molecule is Cc1ccccc1N.Cc1ccncn1. The van der Waals surface area contributed by atoms with E-state index in [-0.39, 0.29) is 0 Å². The van der Waals surface area contributed by atoms with Gasteiger partial charge in [0, 0.05) is 17.6 Å². The van der Waals surface area contributed by atoms with Crippen LogP contribution in [0.3, 0.4) is 0 Å². The van der Waals surface area contributed by atoms with Crippen molar-refractivity contribution in [3.63, 3.8) is 0 Å². The maximum atomic E-state index is 5.52. The van der Waals surface area contributed by atoms with Crippen molar-refractivity contribution in [2.45, 2.75) is 13.8 Å². The Morgan fingerprint density at radius 1 is 1.07 bits per heavy atom. The van der Waals surface area contributed by atoms with Gasteiger partial charge in [0.1, 0.15) is 6.33 Å². The first kappa shape index (κ1) is 11.2. The number of aromatic nitrogens is 2. The molecule has 3 nitrogen and oxygen atoms in total. The van der Waals surface area contributed by atoms with Crippen LogP contribution in [0.4, 0.5) is 5.69 Å². The summed E-state index contributed by atoms with van der Waals surface area (Å²) >= 11 is 0. The fourth-order valence-corrected chi connectivity index (χ4v) is 0.944. The van der Waals surface area contributed by atoms with E-state index in [9.17, 15) is 0 Å². The number of benzene rings is 1. The van der Waals surface area contributed by atoms with Crippen molar-refractivity contribution in [3.8, 4) is 0 Å². The summed E-state index contributed by atoms with van der Waals surface area (Å²) < 4.78 is 0. The minimum atomic E-state index is 0.868. The molecule has 78 valence electrons. The molecule has 3 heteroatoms. The number of nitrogens with two attached hydrogens (primary N) is 1. The van der Waals surface area contributed by atoms with Crippen molar-refractivity contribution in [2.24, 2.45) is 0 Å². The molecule has 0 aliphatic heterocycles. The summed E-state index contributed by atoms with van der Waals surface area (Å²) in [6.45, 7) is 3.93. The summed E-state index contributed by atoms with van der Waals surface area (Å²) in [5, 5.41) is 0. The first-order valence-electron chi connectivity index (χ1n) is 4.74. The van der Waals surface area contributed by atoms with Crippen molar-refractivity contribution in [1.29, 1.82) is 0 Å². The van der Waals surface area contributed by atoms with Crippen LogP contribution in [0.2, 0.25) is 0 Å². The van der Waals surface area contributed by atoms with Crippen LogP contribution in [-0.2, 0) is 0 Å². The lowest BCUT2D eigenvalue weighted by atomic mass is 10.2. The largest absolute Gasteiger partial charge is 0.399 e. The Morgan fingerprint density at radius 2 is 1.80 bits per heavy atom. The summed E-state index contributed by atoms with van der Waals surface area (Å²) in [7, 11) is 0. The molecule has 1 aromatic heterocycles. The van der Waals surface area contributed by atoms with Crippen molar-refractivity contribution in [1.82, 2.24) is 9.97 Å². The number of aryl methyl sites for hydroxylation is 2. The zero-order valence-electron chi connectivity index (χ0n) is 9.01. The van der Waals surface area contributed by atoms with E-state index in [2.05, 4.69) is 9.97 Å². The van der Waals surface area contributed by atoms with Crippen LogP contribution in [0.1, 0.15) is 11.3 Å². The second kappa shape index (κ2) is 5.75. The Balaban J connectivity index is 0.000000151. The molecule has 2 aromatic rings. The van der Waals surface area contributed by atoms with Crippen LogP contribution in [0, 0.1) is 13.8 Å². The van der Waals surface area contributed by atoms with Gasteiger partial charge in [-0.2, -0.15) is 0 Å². The summed E-state index contributed by atoms with van der Waals surface area (Å²) in [5.41, 5.74) is 8.54. The van der Waals surface area contributed by atoms with Crippen LogP contribution in [0.15, 0.2) is 42.9 Å². The van der Waals surface area contributed by atoms with Gasteiger partial charge in [0.25, 0.3) is 0 Å². The van der Waals surface area contributed by atoms with Crippen molar-refractivity contribution in [3.05, 3.63) is 54.1 Å². The molecule has 0 spiro atoms. The van der Waals surface area contributed by atoms with Crippen LogP contribution in [0.5, 0.6) is 0 Å². The van der Waals surface area contributed by atoms with Gasteiger partial charge in [0.2, 0.25) is 0 Å². The molecule has 0 radical (unpaired) electrons. The van der Waals surface area contributed by atoms with Gasteiger partial charge in [-0.15, -0.1) is 0 Å². The van der Waals surface area contributed by atoms with Crippen molar-refractivity contribution < 1.29 is 0 Å². The van der Waals surface area contributed by atoms with E-state index in [4.69, 9.17) is 5.73 Å². The van der Waals surface area contributed by atoms with E-state index < -0.39 is 0 Å². The highest BCUT2D eigenvalue weighted by atomic mass is 14.8. The van der Waals surface area contributed by atoms with Crippen LogP contribution in [-0.4, -0.2) is 9.97 Å². The first-order chi connectivity index (χ1) is 7.20. The minimum absolute atomic E-state index is 0.868. The number of nitrogens with zero attached hydrogens (tertiary/aromatic N) is 2. The number of para-hydroxylation sites is 1. The Morgan fingerprint density at radius 3 is 2.13 bits per heavy atom. The average Bonchev–Trinajstić information content (AvgIpc) is 2.25. The molecule has 15 heavy (non-hydrogen) atoms. The molecular formula is C12H15N3. The summed E-state index contributed by atoms with van der Waals surface area (Å²) in [6.07, 6.45) is 3.26. The summed E-state index contributed by atoms with van der Waals surface area (Å²) in [4.78, 5) is 7.60. The molecule has 0 saturated heterocycles. The lowest BCUT2D eigenvalue weighted by Crippen LogP contribution is -1.85. The molecule has 0 atom stereocenters. The highest BCUT2D eigenvalue weighted by Crippen LogP contribution is 2.06. The van der Waals surface area contributed by atoms with E-state index in [1.807, 2.05) is 44.2 Å². The molecule has 0 fully saturated rings. The molecule has 0 aliphatic rings. The molecule has 0 aliphatic carbocycles. The second-order valence-corrected chi connectivity index (χ2v) is 3.21. The Labute approximate surface area is 90.0 Å². The minimum Gasteiger partial charge on any atom is -0.399 e. The lowest BCUT2D eigenvalue weighted by molar-refractivity contribution is 1.10. The number of anilines is 1. The maximum Gasteiger partial charge on any atom is 0.115 e. The standard InChI is InChI=1S/C7H9N.C5H6N2/c1-6-4-2-3-5-7(6)8;1-5-2-3-6-4-7-5/h2-5H,8H2,1H3;2-4H,1H3. The predicted molar refractivity (Wildman–Crippen MR) is 62.4 cm³/mol. The maximum absolute atomic E-state index is 5.52. The van der Waals surface area contributed by atoms with Crippen LogP contribution < -0.4 is 5.73 Å². The van der Waals surface area contributed by atoms with Gasteiger partial charge < -0.3 is 5.73 Å². The quantitative estimate of drug-likeness (QED) is 0.666. The number of hydrogen-bond acceptors (Lipinski definition) is 3. The average molecular weight is 201 g/mol. The van der Waals surface area contributed by atoms with Gasteiger partial charge in [-0.1, -0.05) is 18.2 Å². The highest BCUT2D eigenvalue weighted by molar-refractivity contribution is 5.44. The van der Waals surface area contributed by atoms with E-state index in [1.54, 1.807) is 6.20 Å². The van der Waals surface area contributed by atoms with Crippen LogP contribution >= 0.6 is 0 Å². The van der Waals surface area contributed by atoms with Crippen molar-refractivity contribution >= 4 is 5.69 Å². The fourth-order valence-electron chi connectivity index (χ4n) is 0.944. The molecule has 0 unspecified atom stereocenters. The molecule has 1 heterocycles. The molecule has 0 saturated carbocycles. The van der Waals surface area contributed by atoms with Crippen molar-refractivity contribution in [2.75, 3.05) is 5.73 Å². The van der Waals surface area contributed by atoms with Gasteiger partial charge in [-0.05, 0) is 31.5 Å². The highest BCUT2D eigenvalue weighted by Gasteiger charge is 1.84. The fraction of sp³-hybridized carbons (Fsp3) is 0.167. The summed E-state index contributed by atoms with van der Waals surface area (Å²) in [6, 6.07) is 9.67. The van der Waals surface area contributed by atoms with E-state index >= 15 is 0 Å². The van der Waals surface area contributed by atoms with E-state index in [0.29, 0.717) is 0 Å². The van der Waals surface area contributed by atoms with Gasteiger partial charge in [-0.25, -0.2) is 9.97 Å². The third kappa shape index (κ3) is 4.22. The normalized spacial score (nSPS) is 8.93. The molecule has 0 bridgehead atoms. The second-order valence-electron chi connectivity index (χ2n) is 3.21. The molecule has 1 aromatic carbocycles. The Bertz CT molecular complexity index is 378. The zero-order chi connectivity index (χ0) is 11.1. The van der Waals surface area contributed by atoms with Gasteiger partial charge >= 0.3 is 0 Å². The molecule has 2 N–H and O–H groups in total. The summed E-state index contributed by atoms with van der Waals surface area (Å²) in [5.74, 6) is 0. The van der Waals surface area contributed by atoms with Crippen LogP contribution in [0.25, 0.3) is 0 Å². The first-order valence-corrected chi connectivity index (χ1v) is 4.74. The zero-order valence-corrected chi connectivity index (χ0v) is 9.01. The van der Waals surface area contributed by atoms with Gasteiger partial charge in [0.15, 0.2) is 0 Å². The number of rotatable bonds is 0.